The Morgan fingerprint density at radius 2 is 1.68 bits per heavy atom. The summed E-state index contributed by atoms with van der Waals surface area (Å²) in [5.41, 5.74) is 4.52. The lowest BCUT2D eigenvalue weighted by Gasteiger charge is -2.36. The second-order valence-electron chi connectivity index (χ2n) is 9.36. The predicted octanol–water partition coefficient (Wildman–Crippen LogP) is 5.93. The summed E-state index contributed by atoms with van der Waals surface area (Å²) in [4.78, 5) is 28.8. The van der Waals surface area contributed by atoms with Gasteiger partial charge in [0.15, 0.2) is 0 Å². The van der Waals surface area contributed by atoms with E-state index < -0.39 is 0 Å². The minimum atomic E-state index is -0.374. The molecule has 0 bridgehead atoms. The van der Waals surface area contributed by atoms with E-state index in [1.807, 2.05) is 30.3 Å². The van der Waals surface area contributed by atoms with Crippen molar-refractivity contribution in [3.63, 3.8) is 0 Å². The SMILES string of the molecule is CCOC(=O)c1ccc(NC(=O)N2CCN(C[C@H](OCc3cccc(C)c3)c3ccc(Cl)cc3)CC2)cc1. The minimum Gasteiger partial charge on any atom is -0.462 e. The molecule has 0 saturated carbocycles. The van der Waals surface area contributed by atoms with Gasteiger partial charge in [-0.15, -0.1) is 0 Å². The molecule has 8 heteroatoms. The number of nitrogens with zero attached hydrogens (tertiary/aromatic N) is 2. The fraction of sp³-hybridized carbons (Fsp3) is 0.333. The number of nitrogens with one attached hydrogen (secondary N) is 1. The lowest BCUT2D eigenvalue weighted by atomic mass is 10.1. The number of carbonyl (C=O) groups is 2. The summed E-state index contributed by atoms with van der Waals surface area (Å²) in [7, 11) is 0. The number of benzene rings is 3. The highest BCUT2D eigenvalue weighted by Crippen LogP contribution is 2.24. The van der Waals surface area contributed by atoms with Crippen LogP contribution in [0.2, 0.25) is 5.02 Å². The Kier molecular flexibility index (Phi) is 9.76. The lowest BCUT2D eigenvalue weighted by molar-refractivity contribution is 0.00592. The number of rotatable bonds is 9. The van der Waals surface area contributed by atoms with E-state index >= 15 is 0 Å². The third kappa shape index (κ3) is 7.81. The molecule has 1 aliphatic rings. The largest absolute Gasteiger partial charge is 0.462 e. The van der Waals surface area contributed by atoms with Gasteiger partial charge in [0.25, 0.3) is 0 Å². The molecule has 0 aromatic heterocycles. The maximum absolute atomic E-state index is 12.8. The van der Waals surface area contributed by atoms with Crippen molar-refractivity contribution in [1.82, 2.24) is 9.80 Å². The molecule has 0 unspecified atom stereocenters. The van der Waals surface area contributed by atoms with Crippen molar-refractivity contribution in [2.75, 3.05) is 44.6 Å². The number of urea groups is 1. The van der Waals surface area contributed by atoms with Gasteiger partial charge in [-0.25, -0.2) is 9.59 Å². The first-order valence-corrected chi connectivity index (χ1v) is 13.3. The van der Waals surface area contributed by atoms with Crippen LogP contribution in [0.5, 0.6) is 0 Å². The summed E-state index contributed by atoms with van der Waals surface area (Å²) in [5, 5.41) is 3.61. The summed E-state index contributed by atoms with van der Waals surface area (Å²) < 4.78 is 11.4. The van der Waals surface area contributed by atoms with E-state index in [9.17, 15) is 9.59 Å². The standard InChI is InChI=1S/C30H34ClN3O4/c1-3-37-29(35)25-9-13-27(14-10-25)32-30(36)34-17-15-33(16-18-34)20-28(24-7-11-26(31)12-8-24)38-21-23-6-4-5-22(2)19-23/h4-14,19,28H,3,15-18,20-21H2,1-2H3,(H,32,36)/t28-/m0/s1. The van der Waals surface area contributed by atoms with Crippen LogP contribution < -0.4 is 5.32 Å². The molecule has 0 aliphatic carbocycles. The first-order valence-electron chi connectivity index (χ1n) is 12.9. The van der Waals surface area contributed by atoms with Gasteiger partial charge in [0, 0.05) is 43.4 Å². The fourth-order valence-corrected chi connectivity index (χ4v) is 4.53. The molecular formula is C30H34ClN3O4. The zero-order valence-corrected chi connectivity index (χ0v) is 22.6. The van der Waals surface area contributed by atoms with Crippen LogP contribution in [0, 0.1) is 6.92 Å². The van der Waals surface area contributed by atoms with Crippen LogP contribution in [0.25, 0.3) is 0 Å². The molecule has 3 aromatic carbocycles. The molecule has 1 saturated heterocycles. The van der Waals surface area contributed by atoms with Crippen LogP contribution in [0.3, 0.4) is 0 Å². The molecule has 3 aromatic rings. The molecular weight excluding hydrogens is 502 g/mol. The maximum atomic E-state index is 12.8. The number of anilines is 1. The number of amides is 2. The first kappa shape index (κ1) is 27.6. The number of hydrogen-bond donors (Lipinski definition) is 1. The Hall–Kier alpha value is -3.39. The van der Waals surface area contributed by atoms with Crippen molar-refractivity contribution in [2.45, 2.75) is 26.6 Å². The van der Waals surface area contributed by atoms with E-state index in [0.29, 0.717) is 42.6 Å². The molecule has 1 atom stereocenters. The van der Waals surface area contributed by atoms with Gasteiger partial charge >= 0.3 is 12.0 Å². The van der Waals surface area contributed by atoms with Gasteiger partial charge < -0.3 is 19.7 Å². The van der Waals surface area contributed by atoms with Crippen LogP contribution in [-0.4, -0.2) is 61.1 Å². The van der Waals surface area contributed by atoms with E-state index in [0.717, 1.165) is 30.8 Å². The molecule has 0 radical (unpaired) electrons. The normalized spacial score (nSPS) is 14.7. The summed E-state index contributed by atoms with van der Waals surface area (Å²) in [5.74, 6) is -0.374. The van der Waals surface area contributed by atoms with Crippen LogP contribution in [-0.2, 0) is 16.1 Å². The molecule has 38 heavy (non-hydrogen) atoms. The van der Waals surface area contributed by atoms with Crippen molar-refractivity contribution in [2.24, 2.45) is 0 Å². The van der Waals surface area contributed by atoms with Crippen LogP contribution in [0.4, 0.5) is 10.5 Å². The Morgan fingerprint density at radius 3 is 2.34 bits per heavy atom. The molecule has 200 valence electrons. The lowest BCUT2D eigenvalue weighted by Crippen LogP contribution is -2.50. The third-order valence-electron chi connectivity index (χ3n) is 6.51. The van der Waals surface area contributed by atoms with E-state index in [2.05, 4.69) is 35.3 Å². The minimum absolute atomic E-state index is 0.119. The Labute approximate surface area is 229 Å². The first-order chi connectivity index (χ1) is 18.4. The van der Waals surface area contributed by atoms with Gasteiger partial charge in [-0.1, -0.05) is 53.6 Å². The topological polar surface area (TPSA) is 71.1 Å². The Morgan fingerprint density at radius 1 is 0.974 bits per heavy atom. The van der Waals surface area contributed by atoms with Gasteiger partial charge in [-0.3, -0.25) is 4.90 Å². The monoisotopic (exact) mass is 535 g/mol. The number of esters is 1. The third-order valence-corrected chi connectivity index (χ3v) is 6.76. The molecule has 1 aliphatic heterocycles. The number of halogens is 1. The van der Waals surface area contributed by atoms with E-state index in [1.54, 1.807) is 36.1 Å². The van der Waals surface area contributed by atoms with Crippen molar-refractivity contribution < 1.29 is 19.1 Å². The number of hydrogen-bond acceptors (Lipinski definition) is 5. The summed E-state index contributed by atoms with van der Waals surface area (Å²) >= 11 is 6.12. The zero-order valence-electron chi connectivity index (χ0n) is 21.9. The highest BCUT2D eigenvalue weighted by Gasteiger charge is 2.24. The summed E-state index contributed by atoms with van der Waals surface area (Å²) in [6.07, 6.45) is -0.119. The second-order valence-corrected chi connectivity index (χ2v) is 9.79. The van der Waals surface area contributed by atoms with Crippen LogP contribution in [0.1, 0.15) is 40.1 Å². The van der Waals surface area contributed by atoms with Gasteiger partial charge in [-0.2, -0.15) is 0 Å². The number of aryl methyl sites for hydroxylation is 1. The Bertz CT molecular complexity index is 1210. The number of ether oxygens (including phenoxy) is 2. The van der Waals surface area contributed by atoms with Crippen molar-refractivity contribution in [3.05, 3.63) is 100 Å². The van der Waals surface area contributed by atoms with Gasteiger partial charge in [0.05, 0.1) is 24.9 Å². The molecule has 1 heterocycles. The van der Waals surface area contributed by atoms with E-state index in [1.165, 1.54) is 5.56 Å². The quantitative estimate of drug-likeness (QED) is 0.344. The molecule has 4 rings (SSSR count). The fourth-order valence-electron chi connectivity index (χ4n) is 4.41. The molecule has 1 N–H and O–H groups in total. The summed E-state index contributed by atoms with van der Waals surface area (Å²) in [6, 6.07) is 22.7. The van der Waals surface area contributed by atoms with E-state index in [-0.39, 0.29) is 18.1 Å². The van der Waals surface area contributed by atoms with Crippen molar-refractivity contribution in [1.29, 1.82) is 0 Å². The smallest absolute Gasteiger partial charge is 0.338 e. The zero-order chi connectivity index (χ0) is 26.9. The van der Waals surface area contributed by atoms with Gasteiger partial charge in [0.2, 0.25) is 0 Å². The molecule has 1 fully saturated rings. The molecule has 0 spiro atoms. The number of carbonyl (C=O) groups excluding carboxylic acids is 2. The molecule has 7 nitrogen and oxygen atoms in total. The molecule has 2 amide bonds. The summed E-state index contributed by atoms with van der Waals surface area (Å²) in [6.45, 7) is 8.11. The highest BCUT2D eigenvalue weighted by molar-refractivity contribution is 6.30. The predicted molar refractivity (Wildman–Crippen MR) is 150 cm³/mol. The van der Waals surface area contributed by atoms with Gasteiger partial charge in [-0.05, 0) is 61.4 Å². The second kappa shape index (κ2) is 13.4. The maximum Gasteiger partial charge on any atom is 0.338 e. The average Bonchev–Trinajstić information content (AvgIpc) is 2.92. The van der Waals surface area contributed by atoms with Crippen molar-refractivity contribution in [3.8, 4) is 0 Å². The average molecular weight is 536 g/mol. The number of piperazine rings is 1. The van der Waals surface area contributed by atoms with Gasteiger partial charge in [0.1, 0.15) is 0 Å². The van der Waals surface area contributed by atoms with Crippen LogP contribution in [0.15, 0.2) is 72.8 Å². The van der Waals surface area contributed by atoms with Crippen molar-refractivity contribution >= 4 is 29.3 Å². The Balaban J connectivity index is 1.31. The highest BCUT2D eigenvalue weighted by atomic mass is 35.5. The van der Waals surface area contributed by atoms with E-state index in [4.69, 9.17) is 21.1 Å². The van der Waals surface area contributed by atoms with Crippen LogP contribution >= 0.6 is 11.6 Å².